The zero-order chi connectivity index (χ0) is 18.4. The molecule has 1 fully saturated rings. The molecule has 0 radical (unpaired) electrons. The van der Waals surface area contributed by atoms with E-state index in [0.717, 1.165) is 18.8 Å². The van der Waals surface area contributed by atoms with Gasteiger partial charge in [0.2, 0.25) is 5.91 Å². The lowest BCUT2D eigenvalue weighted by Gasteiger charge is -2.28. The van der Waals surface area contributed by atoms with Crippen LogP contribution in [-0.2, 0) is 4.79 Å². The number of carbonyl (C=O) groups is 1. The van der Waals surface area contributed by atoms with Crippen LogP contribution in [0.5, 0.6) is 5.75 Å². The molecule has 1 aliphatic rings. The lowest BCUT2D eigenvalue weighted by molar-refractivity contribution is -0.114. The number of amides is 1. The van der Waals surface area contributed by atoms with E-state index in [1.807, 2.05) is 12.1 Å². The summed E-state index contributed by atoms with van der Waals surface area (Å²) in [6.45, 7) is 2.35. The summed E-state index contributed by atoms with van der Waals surface area (Å²) < 4.78 is 5.26. The lowest BCUT2D eigenvalue weighted by Crippen LogP contribution is -2.29. The first kappa shape index (κ1) is 18.4. The summed E-state index contributed by atoms with van der Waals surface area (Å²) in [7, 11) is 1.58. The number of hydrogen-bond acceptors (Lipinski definition) is 4. The fraction of sp³-hybridized carbons (Fsp3) is 0.350. The van der Waals surface area contributed by atoms with E-state index in [1.165, 1.54) is 24.9 Å². The smallest absolute Gasteiger partial charge is 0.243 e. The van der Waals surface area contributed by atoms with E-state index < -0.39 is 0 Å². The van der Waals surface area contributed by atoms with Gasteiger partial charge >= 0.3 is 0 Å². The fourth-order valence-corrected chi connectivity index (χ4v) is 3.28. The van der Waals surface area contributed by atoms with Crippen molar-refractivity contribution in [2.45, 2.75) is 19.3 Å². The number of piperidine rings is 1. The van der Waals surface area contributed by atoms with Gasteiger partial charge in [-0.2, -0.15) is 0 Å². The number of nitrogens with zero attached hydrogens (tertiary/aromatic N) is 1. The van der Waals surface area contributed by atoms with Crippen molar-refractivity contribution in [3.8, 4) is 5.75 Å². The van der Waals surface area contributed by atoms with Gasteiger partial charge in [0.05, 0.1) is 19.3 Å². The number of rotatable bonds is 6. The molecule has 0 spiro atoms. The first-order chi connectivity index (χ1) is 12.7. The van der Waals surface area contributed by atoms with Gasteiger partial charge in [0.25, 0.3) is 0 Å². The van der Waals surface area contributed by atoms with Crippen molar-refractivity contribution in [1.82, 2.24) is 0 Å². The highest BCUT2D eigenvalue weighted by Gasteiger charge is 2.11. The van der Waals surface area contributed by atoms with Gasteiger partial charge in [0, 0.05) is 29.5 Å². The zero-order valence-corrected chi connectivity index (χ0v) is 15.7. The van der Waals surface area contributed by atoms with Gasteiger partial charge < -0.3 is 20.3 Å². The summed E-state index contributed by atoms with van der Waals surface area (Å²) in [6, 6.07) is 13.3. The highest BCUT2D eigenvalue weighted by atomic mass is 35.5. The van der Waals surface area contributed by atoms with Crippen molar-refractivity contribution < 1.29 is 9.53 Å². The fourth-order valence-electron chi connectivity index (χ4n) is 3.11. The summed E-state index contributed by atoms with van der Waals surface area (Å²) in [6.07, 6.45) is 3.81. The molecule has 0 aromatic heterocycles. The zero-order valence-electron chi connectivity index (χ0n) is 14.9. The second-order valence-electron chi connectivity index (χ2n) is 6.34. The van der Waals surface area contributed by atoms with Crippen LogP contribution in [0.25, 0.3) is 0 Å². The van der Waals surface area contributed by atoms with Crippen molar-refractivity contribution in [2.24, 2.45) is 0 Å². The van der Waals surface area contributed by atoms with Crippen molar-refractivity contribution in [3.63, 3.8) is 0 Å². The minimum atomic E-state index is -0.127. The van der Waals surface area contributed by atoms with Crippen molar-refractivity contribution >= 4 is 34.6 Å². The molecule has 1 aliphatic heterocycles. The average Bonchev–Trinajstić information content (AvgIpc) is 2.68. The molecule has 1 amide bonds. The summed E-state index contributed by atoms with van der Waals surface area (Å²) in [4.78, 5) is 14.6. The topological polar surface area (TPSA) is 53.6 Å². The molecule has 2 aromatic carbocycles. The summed E-state index contributed by atoms with van der Waals surface area (Å²) in [5.41, 5.74) is 2.69. The lowest BCUT2D eigenvalue weighted by atomic mass is 10.1. The number of hydrogen-bond donors (Lipinski definition) is 2. The van der Waals surface area contributed by atoms with Crippen LogP contribution in [0.3, 0.4) is 0 Å². The van der Waals surface area contributed by atoms with Crippen LogP contribution >= 0.6 is 11.6 Å². The number of anilines is 3. The Kier molecular flexibility index (Phi) is 6.23. The second kappa shape index (κ2) is 8.81. The minimum Gasteiger partial charge on any atom is -0.495 e. The molecule has 2 aromatic rings. The molecular weight excluding hydrogens is 350 g/mol. The minimum absolute atomic E-state index is 0.127. The van der Waals surface area contributed by atoms with E-state index in [0.29, 0.717) is 16.5 Å². The highest BCUT2D eigenvalue weighted by Crippen LogP contribution is 2.27. The van der Waals surface area contributed by atoms with Crippen LogP contribution in [0.1, 0.15) is 19.3 Å². The Morgan fingerprint density at radius 3 is 2.54 bits per heavy atom. The van der Waals surface area contributed by atoms with E-state index in [1.54, 1.807) is 25.3 Å². The Morgan fingerprint density at radius 2 is 1.85 bits per heavy atom. The number of halogens is 1. The Labute approximate surface area is 159 Å². The van der Waals surface area contributed by atoms with E-state index >= 15 is 0 Å². The number of benzene rings is 2. The third-order valence-electron chi connectivity index (χ3n) is 4.47. The van der Waals surface area contributed by atoms with Crippen LogP contribution in [0, 0.1) is 0 Å². The Hall–Kier alpha value is -2.40. The Balaban J connectivity index is 1.54. The summed E-state index contributed by atoms with van der Waals surface area (Å²) >= 11 is 6.00. The maximum atomic E-state index is 12.2. The maximum absolute atomic E-state index is 12.2. The quantitative estimate of drug-likeness (QED) is 0.788. The third-order valence-corrected chi connectivity index (χ3v) is 4.71. The van der Waals surface area contributed by atoms with Crippen molar-refractivity contribution in [3.05, 3.63) is 47.5 Å². The molecule has 3 rings (SSSR count). The van der Waals surface area contributed by atoms with E-state index in [4.69, 9.17) is 16.3 Å². The molecule has 26 heavy (non-hydrogen) atoms. The molecule has 138 valence electrons. The highest BCUT2D eigenvalue weighted by molar-refractivity contribution is 6.30. The van der Waals surface area contributed by atoms with Gasteiger partial charge in [-0.1, -0.05) is 11.6 Å². The van der Waals surface area contributed by atoms with Crippen molar-refractivity contribution in [2.75, 3.05) is 42.3 Å². The van der Waals surface area contributed by atoms with Crippen LogP contribution in [0.4, 0.5) is 17.1 Å². The van der Waals surface area contributed by atoms with Gasteiger partial charge in [-0.25, -0.2) is 0 Å². The SMILES string of the molecule is COc1ccc(Cl)cc1NCC(=O)Nc1ccc(N2CCCCC2)cc1. The maximum Gasteiger partial charge on any atom is 0.243 e. The molecule has 5 nitrogen and oxygen atoms in total. The number of methoxy groups -OCH3 is 1. The van der Waals surface area contributed by atoms with E-state index in [-0.39, 0.29) is 12.5 Å². The number of carbonyl (C=O) groups excluding carboxylic acids is 1. The van der Waals surface area contributed by atoms with Crippen LogP contribution < -0.4 is 20.3 Å². The van der Waals surface area contributed by atoms with Gasteiger partial charge in [-0.05, 0) is 61.7 Å². The van der Waals surface area contributed by atoms with Gasteiger partial charge in [0.15, 0.2) is 0 Å². The van der Waals surface area contributed by atoms with Crippen LogP contribution in [0.15, 0.2) is 42.5 Å². The van der Waals surface area contributed by atoms with Crippen LogP contribution in [-0.4, -0.2) is 32.7 Å². The monoisotopic (exact) mass is 373 g/mol. The molecule has 0 saturated carbocycles. The normalized spacial score (nSPS) is 14.0. The Morgan fingerprint density at radius 1 is 1.12 bits per heavy atom. The standard InChI is InChI=1S/C20H24ClN3O2/c1-26-19-10-5-15(21)13-18(19)22-14-20(25)23-16-6-8-17(9-7-16)24-11-3-2-4-12-24/h5-10,13,22H,2-4,11-12,14H2,1H3,(H,23,25). The summed E-state index contributed by atoms with van der Waals surface area (Å²) in [5.74, 6) is 0.519. The van der Waals surface area contributed by atoms with E-state index in [9.17, 15) is 4.79 Å². The molecule has 6 heteroatoms. The van der Waals surface area contributed by atoms with Gasteiger partial charge in [0.1, 0.15) is 5.75 Å². The molecule has 1 saturated heterocycles. The van der Waals surface area contributed by atoms with E-state index in [2.05, 4.69) is 27.7 Å². The van der Waals surface area contributed by atoms with Gasteiger partial charge in [-0.3, -0.25) is 4.79 Å². The molecule has 0 aliphatic carbocycles. The summed E-state index contributed by atoms with van der Waals surface area (Å²) in [5, 5.41) is 6.54. The van der Waals surface area contributed by atoms with Crippen molar-refractivity contribution in [1.29, 1.82) is 0 Å². The predicted molar refractivity (Wildman–Crippen MR) is 108 cm³/mol. The molecule has 0 bridgehead atoms. The first-order valence-corrected chi connectivity index (χ1v) is 9.26. The van der Waals surface area contributed by atoms with Crippen LogP contribution in [0.2, 0.25) is 5.02 Å². The molecule has 0 atom stereocenters. The molecular formula is C20H24ClN3O2. The first-order valence-electron chi connectivity index (χ1n) is 8.88. The second-order valence-corrected chi connectivity index (χ2v) is 6.78. The third kappa shape index (κ3) is 4.82. The molecule has 1 heterocycles. The van der Waals surface area contributed by atoms with Gasteiger partial charge in [-0.15, -0.1) is 0 Å². The predicted octanol–water partition coefficient (Wildman–Crippen LogP) is 4.39. The average molecular weight is 374 g/mol. The Bertz CT molecular complexity index is 743. The largest absolute Gasteiger partial charge is 0.495 e. The molecule has 0 unspecified atom stereocenters. The molecule has 2 N–H and O–H groups in total. The number of nitrogens with one attached hydrogen (secondary N) is 2. The number of ether oxygens (including phenoxy) is 1.